The zero-order chi connectivity index (χ0) is 24.5. The van der Waals surface area contributed by atoms with Crippen LogP contribution in [0.2, 0.25) is 0 Å². The molecule has 1 rings (SSSR count). The van der Waals surface area contributed by atoms with Gasteiger partial charge in [-0.15, -0.1) is 0 Å². The van der Waals surface area contributed by atoms with Crippen LogP contribution in [0.3, 0.4) is 0 Å². The molecular formula is C32H63N2+. The van der Waals surface area contributed by atoms with E-state index in [1.54, 1.807) is 5.82 Å². The fraction of sp³-hybridized carbons (Fsp3) is 0.906. The summed E-state index contributed by atoms with van der Waals surface area (Å²) in [4.78, 5) is 0. The van der Waals surface area contributed by atoms with E-state index in [-0.39, 0.29) is 0 Å². The summed E-state index contributed by atoms with van der Waals surface area (Å²) in [5, 5.41) is 0. The number of nitrogens with zero attached hydrogens (tertiary/aromatic N) is 2. The predicted molar refractivity (Wildman–Crippen MR) is 152 cm³/mol. The number of hydrogen-bond acceptors (Lipinski definition) is 0. The number of aromatic nitrogens is 2. The molecule has 34 heavy (non-hydrogen) atoms. The van der Waals surface area contributed by atoms with Crippen LogP contribution in [0.25, 0.3) is 0 Å². The molecule has 0 amide bonds. The summed E-state index contributed by atoms with van der Waals surface area (Å²) in [6.07, 6.45) is 38.5. The van der Waals surface area contributed by atoms with Gasteiger partial charge in [0.05, 0.1) is 13.1 Å². The Morgan fingerprint density at radius 2 is 0.912 bits per heavy atom. The quantitative estimate of drug-likeness (QED) is 0.0930. The van der Waals surface area contributed by atoms with Gasteiger partial charge >= 0.3 is 0 Å². The molecule has 2 heteroatoms. The Morgan fingerprint density at radius 3 is 1.41 bits per heavy atom. The van der Waals surface area contributed by atoms with Crippen molar-refractivity contribution in [2.75, 3.05) is 0 Å². The Morgan fingerprint density at radius 1 is 0.500 bits per heavy atom. The number of rotatable bonds is 26. The minimum Gasteiger partial charge on any atom is -0.234 e. The summed E-state index contributed by atoms with van der Waals surface area (Å²) in [5.41, 5.74) is 0. The molecule has 0 unspecified atom stereocenters. The molecule has 2 nitrogen and oxygen atoms in total. The van der Waals surface area contributed by atoms with E-state index in [1.165, 1.54) is 167 Å². The van der Waals surface area contributed by atoms with Gasteiger partial charge in [0, 0.05) is 6.42 Å². The highest BCUT2D eigenvalue weighted by Gasteiger charge is 2.16. The first kappa shape index (κ1) is 31.2. The first-order chi connectivity index (χ1) is 16.8. The molecule has 0 radical (unpaired) electrons. The molecule has 0 bridgehead atoms. The molecule has 0 fully saturated rings. The molecule has 0 aliphatic heterocycles. The van der Waals surface area contributed by atoms with Crippen molar-refractivity contribution >= 4 is 0 Å². The summed E-state index contributed by atoms with van der Waals surface area (Å²) in [7, 11) is 0. The highest BCUT2D eigenvalue weighted by molar-refractivity contribution is 4.84. The molecule has 1 aromatic rings. The maximum atomic E-state index is 2.61. The van der Waals surface area contributed by atoms with E-state index in [9.17, 15) is 0 Å². The molecule has 0 aromatic carbocycles. The van der Waals surface area contributed by atoms with E-state index in [0.717, 1.165) is 0 Å². The molecule has 1 heterocycles. The van der Waals surface area contributed by atoms with E-state index in [0.29, 0.717) is 0 Å². The normalized spacial score (nSPS) is 11.5. The monoisotopic (exact) mass is 475 g/mol. The van der Waals surface area contributed by atoms with E-state index in [2.05, 4.69) is 42.3 Å². The van der Waals surface area contributed by atoms with Gasteiger partial charge in [-0.05, 0) is 32.1 Å². The molecule has 0 atom stereocenters. The van der Waals surface area contributed by atoms with Gasteiger partial charge < -0.3 is 0 Å². The van der Waals surface area contributed by atoms with Gasteiger partial charge in [-0.3, -0.25) is 0 Å². The minimum atomic E-state index is 1.22. The maximum absolute atomic E-state index is 2.61. The van der Waals surface area contributed by atoms with Crippen LogP contribution in [0.1, 0.15) is 174 Å². The maximum Gasteiger partial charge on any atom is 0.256 e. The number of imidazole rings is 1. The van der Waals surface area contributed by atoms with Crippen molar-refractivity contribution in [2.45, 2.75) is 188 Å². The van der Waals surface area contributed by atoms with E-state index in [1.807, 2.05) is 0 Å². The minimum absolute atomic E-state index is 1.22. The Hall–Kier alpha value is -0.790. The molecule has 0 N–H and O–H groups in total. The summed E-state index contributed by atoms with van der Waals surface area (Å²) >= 11 is 0. The lowest BCUT2D eigenvalue weighted by Crippen LogP contribution is -2.37. The largest absolute Gasteiger partial charge is 0.256 e. The molecular weight excluding hydrogens is 412 g/mol. The van der Waals surface area contributed by atoms with Gasteiger partial charge in [0.1, 0.15) is 12.4 Å². The van der Waals surface area contributed by atoms with Crippen molar-refractivity contribution in [1.82, 2.24) is 4.57 Å². The highest BCUT2D eigenvalue weighted by atomic mass is 15.1. The van der Waals surface area contributed by atoms with E-state index >= 15 is 0 Å². The van der Waals surface area contributed by atoms with Crippen molar-refractivity contribution in [3.8, 4) is 0 Å². The number of unbranched alkanes of at least 4 members (excludes halogenated alkanes) is 20. The topological polar surface area (TPSA) is 8.81 Å². The summed E-state index contributed by atoms with van der Waals surface area (Å²) in [6.45, 7) is 9.37. The van der Waals surface area contributed by atoms with Crippen LogP contribution in [0.4, 0.5) is 0 Å². The molecule has 200 valence electrons. The fourth-order valence-corrected chi connectivity index (χ4v) is 5.26. The summed E-state index contributed by atoms with van der Waals surface area (Å²) in [6, 6.07) is 0. The average molecular weight is 476 g/mol. The molecule has 1 aromatic heterocycles. The summed E-state index contributed by atoms with van der Waals surface area (Å²) < 4.78 is 5.21. The lowest BCUT2D eigenvalue weighted by molar-refractivity contribution is -0.704. The van der Waals surface area contributed by atoms with Crippen LogP contribution >= 0.6 is 0 Å². The second kappa shape index (κ2) is 23.9. The zero-order valence-electron chi connectivity index (χ0n) is 23.9. The van der Waals surface area contributed by atoms with Gasteiger partial charge in [0.2, 0.25) is 0 Å². The van der Waals surface area contributed by atoms with Crippen LogP contribution in [-0.2, 0) is 19.5 Å². The number of aryl methyl sites for hydroxylation is 2. The second-order valence-electron chi connectivity index (χ2n) is 10.9. The van der Waals surface area contributed by atoms with Crippen molar-refractivity contribution in [3.63, 3.8) is 0 Å². The van der Waals surface area contributed by atoms with Crippen LogP contribution in [0.5, 0.6) is 0 Å². The lowest BCUT2D eigenvalue weighted by atomic mass is 10.1. The molecule has 0 saturated carbocycles. The Labute approximate surface area is 215 Å². The third-order valence-electron chi connectivity index (χ3n) is 7.60. The van der Waals surface area contributed by atoms with Crippen molar-refractivity contribution in [3.05, 3.63) is 18.2 Å². The molecule has 0 saturated heterocycles. The van der Waals surface area contributed by atoms with Crippen molar-refractivity contribution < 1.29 is 4.57 Å². The van der Waals surface area contributed by atoms with Gasteiger partial charge in [0.15, 0.2) is 0 Å². The van der Waals surface area contributed by atoms with E-state index < -0.39 is 0 Å². The molecule has 0 aliphatic carbocycles. The molecule has 0 spiro atoms. The predicted octanol–water partition coefficient (Wildman–Crippen LogP) is 10.4. The van der Waals surface area contributed by atoms with Crippen LogP contribution in [0, 0.1) is 0 Å². The lowest BCUT2D eigenvalue weighted by Gasteiger charge is -2.07. The van der Waals surface area contributed by atoms with Crippen molar-refractivity contribution in [2.24, 2.45) is 0 Å². The van der Waals surface area contributed by atoms with Gasteiger partial charge in [-0.1, -0.05) is 136 Å². The fourth-order valence-electron chi connectivity index (χ4n) is 5.26. The SMILES string of the molecule is CCCCCCCCCCCCCc1n(CCCCCCCCC)cc[n+]1CCCCCCC. The molecule has 0 aliphatic rings. The third kappa shape index (κ3) is 16.8. The Kier molecular flexibility index (Phi) is 22.0. The summed E-state index contributed by atoms with van der Waals surface area (Å²) in [5.74, 6) is 1.61. The third-order valence-corrected chi connectivity index (χ3v) is 7.60. The zero-order valence-corrected chi connectivity index (χ0v) is 23.9. The Balaban J connectivity index is 2.32. The van der Waals surface area contributed by atoms with Crippen LogP contribution in [-0.4, -0.2) is 4.57 Å². The van der Waals surface area contributed by atoms with Gasteiger partial charge in [-0.25, -0.2) is 9.13 Å². The van der Waals surface area contributed by atoms with E-state index in [4.69, 9.17) is 0 Å². The first-order valence-electron chi connectivity index (χ1n) is 15.9. The Bertz CT molecular complexity index is 533. The number of hydrogen-bond donors (Lipinski definition) is 0. The van der Waals surface area contributed by atoms with Crippen molar-refractivity contribution in [1.29, 1.82) is 0 Å². The standard InChI is InChI=1S/C32H63N2/c1-4-7-10-13-15-16-17-18-19-21-24-27-32-33(28-25-22-12-9-6-3)30-31-34(32)29-26-23-20-14-11-8-5-2/h30-31H,4-29H2,1-3H3/q+1. The highest BCUT2D eigenvalue weighted by Crippen LogP contribution is 2.14. The average Bonchev–Trinajstić information content (AvgIpc) is 3.23. The van der Waals surface area contributed by atoms with Crippen LogP contribution in [0.15, 0.2) is 12.4 Å². The smallest absolute Gasteiger partial charge is 0.234 e. The van der Waals surface area contributed by atoms with Gasteiger partial charge in [0.25, 0.3) is 5.82 Å². The van der Waals surface area contributed by atoms with Crippen LogP contribution < -0.4 is 4.57 Å². The first-order valence-corrected chi connectivity index (χ1v) is 15.9. The second-order valence-corrected chi connectivity index (χ2v) is 10.9. The van der Waals surface area contributed by atoms with Gasteiger partial charge in [-0.2, -0.15) is 0 Å².